The molecule has 112 valence electrons. The molecular weight excluding hydrogens is 282 g/mol. The summed E-state index contributed by atoms with van der Waals surface area (Å²) in [5.74, 6) is -0.533. The number of carbonyl (C=O) groups is 1. The van der Waals surface area contributed by atoms with Gasteiger partial charge in [-0.05, 0) is 23.8 Å². The maximum Gasteiger partial charge on any atom is 0.276 e. The first-order valence-corrected chi connectivity index (χ1v) is 6.82. The minimum Gasteiger partial charge on any atom is -0.386 e. The van der Waals surface area contributed by atoms with Crippen molar-refractivity contribution < 1.29 is 14.7 Å². The Labute approximate surface area is 126 Å². The molecule has 3 rings (SSSR count). The van der Waals surface area contributed by atoms with Crippen molar-refractivity contribution in [2.75, 3.05) is 11.7 Å². The van der Waals surface area contributed by atoms with Gasteiger partial charge in [0, 0.05) is 0 Å². The molecule has 0 spiro atoms. The predicted molar refractivity (Wildman–Crippen MR) is 81.9 cm³/mol. The number of anilines is 1. The fourth-order valence-electron chi connectivity index (χ4n) is 2.12. The third kappa shape index (κ3) is 2.98. The molecule has 0 bridgehead atoms. The van der Waals surface area contributed by atoms with E-state index in [0.29, 0.717) is 5.69 Å². The summed E-state index contributed by atoms with van der Waals surface area (Å²) in [6, 6.07) is 14.8. The Morgan fingerprint density at radius 3 is 2.82 bits per heavy atom. The van der Waals surface area contributed by atoms with E-state index in [4.69, 9.17) is 9.94 Å². The number of fused-ring (bicyclic) bond motifs is 1. The van der Waals surface area contributed by atoms with Crippen molar-refractivity contribution in [1.29, 1.82) is 0 Å². The van der Waals surface area contributed by atoms with Gasteiger partial charge in [0.25, 0.3) is 5.91 Å². The van der Waals surface area contributed by atoms with Crippen LogP contribution in [0.1, 0.15) is 5.56 Å². The molecule has 0 aliphatic rings. The van der Waals surface area contributed by atoms with Crippen molar-refractivity contribution in [1.82, 2.24) is 9.97 Å². The van der Waals surface area contributed by atoms with Gasteiger partial charge < -0.3 is 10.1 Å². The van der Waals surface area contributed by atoms with Crippen LogP contribution in [0.2, 0.25) is 0 Å². The number of rotatable bonds is 5. The number of aromatic amines is 1. The van der Waals surface area contributed by atoms with Crippen molar-refractivity contribution >= 4 is 22.6 Å². The predicted octanol–water partition coefficient (Wildman–Crippen LogP) is 2.02. The molecule has 0 atom stereocenters. The number of H-pyrrole nitrogens is 1. The molecule has 0 unspecified atom stereocenters. The molecule has 6 nitrogen and oxygen atoms in total. The van der Waals surface area contributed by atoms with Gasteiger partial charge in [-0.1, -0.05) is 30.3 Å². The number of aliphatic hydroxyl groups excluding tert-OH is 1. The largest absolute Gasteiger partial charge is 0.386 e. The summed E-state index contributed by atoms with van der Waals surface area (Å²) in [6.07, 6.45) is 1.58. The van der Waals surface area contributed by atoms with Crippen LogP contribution in [-0.4, -0.2) is 27.6 Å². The number of aliphatic hydroxyl groups is 1. The lowest BCUT2D eigenvalue weighted by Gasteiger charge is -2.21. The number of carbonyl (C=O) groups excluding carboxylic acids is 1. The molecular formula is C16H15N3O3. The number of benzene rings is 2. The summed E-state index contributed by atoms with van der Waals surface area (Å²) in [4.78, 5) is 24.6. The van der Waals surface area contributed by atoms with Crippen LogP contribution in [0.4, 0.5) is 5.69 Å². The average Bonchev–Trinajstić information content (AvgIpc) is 3.03. The maximum atomic E-state index is 11.9. The molecule has 6 heteroatoms. The lowest BCUT2D eigenvalue weighted by atomic mass is 10.2. The van der Waals surface area contributed by atoms with Gasteiger partial charge in [-0.15, -0.1) is 0 Å². The van der Waals surface area contributed by atoms with E-state index in [9.17, 15) is 4.79 Å². The van der Waals surface area contributed by atoms with Gasteiger partial charge in [-0.2, -0.15) is 5.06 Å². The first-order chi connectivity index (χ1) is 10.8. The molecule has 0 saturated carbocycles. The number of hydrogen-bond acceptors (Lipinski definition) is 4. The Morgan fingerprint density at radius 2 is 2.05 bits per heavy atom. The number of aromatic nitrogens is 2. The zero-order valence-electron chi connectivity index (χ0n) is 11.8. The minimum absolute atomic E-state index is 0.230. The van der Waals surface area contributed by atoms with E-state index < -0.39 is 12.5 Å². The van der Waals surface area contributed by atoms with Crippen LogP contribution in [0.15, 0.2) is 54.9 Å². The molecule has 1 aromatic heterocycles. The number of hydroxylamine groups is 1. The fourth-order valence-corrected chi connectivity index (χ4v) is 2.12. The third-order valence-corrected chi connectivity index (χ3v) is 3.20. The highest BCUT2D eigenvalue weighted by molar-refractivity contribution is 5.94. The average molecular weight is 297 g/mol. The van der Waals surface area contributed by atoms with Gasteiger partial charge in [0.15, 0.2) is 0 Å². The van der Waals surface area contributed by atoms with E-state index in [2.05, 4.69) is 9.97 Å². The second-order valence-electron chi connectivity index (χ2n) is 4.71. The summed E-state index contributed by atoms with van der Waals surface area (Å²) >= 11 is 0. The van der Waals surface area contributed by atoms with Crippen molar-refractivity contribution in [2.24, 2.45) is 0 Å². The Morgan fingerprint density at radius 1 is 1.23 bits per heavy atom. The summed E-state index contributed by atoms with van der Waals surface area (Å²) in [6.45, 7) is -0.399. The van der Waals surface area contributed by atoms with Crippen LogP contribution in [0.25, 0.3) is 11.0 Å². The third-order valence-electron chi connectivity index (χ3n) is 3.20. The topological polar surface area (TPSA) is 78.4 Å². The molecule has 0 saturated heterocycles. The highest BCUT2D eigenvalue weighted by Crippen LogP contribution is 2.21. The second kappa shape index (κ2) is 6.38. The lowest BCUT2D eigenvalue weighted by Crippen LogP contribution is -2.33. The maximum absolute atomic E-state index is 11.9. The van der Waals surface area contributed by atoms with Crippen molar-refractivity contribution in [3.8, 4) is 0 Å². The van der Waals surface area contributed by atoms with E-state index in [-0.39, 0.29) is 6.61 Å². The normalized spacial score (nSPS) is 10.8. The molecule has 0 aliphatic carbocycles. The monoisotopic (exact) mass is 297 g/mol. The summed E-state index contributed by atoms with van der Waals surface area (Å²) in [5.41, 5.74) is 3.05. The first kappa shape index (κ1) is 14.2. The van der Waals surface area contributed by atoms with Crippen LogP contribution in [-0.2, 0) is 16.2 Å². The minimum atomic E-state index is -0.629. The van der Waals surface area contributed by atoms with Crippen LogP contribution in [0.3, 0.4) is 0 Å². The smallest absolute Gasteiger partial charge is 0.276 e. The Hall–Kier alpha value is -2.70. The van der Waals surface area contributed by atoms with E-state index in [1.807, 2.05) is 30.3 Å². The molecule has 0 radical (unpaired) electrons. The Kier molecular flexibility index (Phi) is 4.13. The highest BCUT2D eigenvalue weighted by Gasteiger charge is 2.17. The molecule has 22 heavy (non-hydrogen) atoms. The highest BCUT2D eigenvalue weighted by atomic mass is 16.7. The van der Waals surface area contributed by atoms with Crippen LogP contribution in [0, 0.1) is 0 Å². The van der Waals surface area contributed by atoms with Gasteiger partial charge >= 0.3 is 0 Å². The van der Waals surface area contributed by atoms with E-state index in [1.165, 1.54) is 0 Å². The summed E-state index contributed by atoms with van der Waals surface area (Å²) in [5, 5.41) is 10.3. The number of nitrogens with zero attached hydrogens (tertiary/aromatic N) is 2. The summed E-state index contributed by atoms with van der Waals surface area (Å²) < 4.78 is 0. The van der Waals surface area contributed by atoms with Gasteiger partial charge in [0.1, 0.15) is 13.2 Å². The zero-order valence-corrected chi connectivity index (χ0v) is 11.8. The second-order valence-corrected chi connectivity index (χ2v) is 4.71. The molecule has 2 aromatic carbocycles. The van der Waals surface area contributed by atoms with Crippen LogP contribution >= 0.6 is 0 Å². The molecule has 1 heterocycles. The zero-order chi connectivity index (χ0) is 15.4. The molecule has 0 fully saturated rings. The van der Waals surface area contributed by atoms with Crippen molar-refractivity contribution in [2.45, 2.75) is 6.61 Å². The SMILES string of the molecule is O=C(CO)N(OCc1ccccc1)c1ccc2nc[nH]c2c1. The summed E-state index contributed by atoms with van der Waals surface area (Å²) in [7, 11) is 0. The fraction of sp³-hybridized carbons (Fsp3) is 0.125. The molecule has 2 N–H and O–H groups in total. The molecule has 1 amide bonds. The number of nitrogens with one attached hydrogen (secondary N) is 1. The standard InChI is InChI=1S/C16H15N3O3/c20-9-16(21)19(22-10-12-4-2-1-3-5-12)13-6-7-14-15(8-13)18-11-17-14/h1-8,11,20H,9-10H2,(H,17,18). The van der Waals surface area contributed by atoms with Gasteiger partial charge in [-0.3, -0.25) is 9.63 Å². The Balaban J connectivity index is 1.84. The van der Waals surface area contributed by atoms with E-state index >= 15 is 0 Å². The Bertz CT molecular complexity index is 770. The van der Waals surface area contributed by atoms with Crippen molar-refractivity contribution in [3.05, 3.63) is 60.4 Å². The quantitative estimate of drug-likeness (QED) is 0.706. The molecule has 0 aliphatic heterocycles. The van der Waals surface area contributed by atoms with Crippen LogP contribution in [0.5, 0.6) is 0 Å². The number of amides is 1. The first-order valence-electron chi connectivity index (χ1n) is 6.82. The molecule has 3 aromatic rings. The van der Waals surface area contributed by atoms with E-state index in [1.54, 1.807) is 24.5 Å². The van der Waals surface area contributed by atoms with Gasteiger partial charge in [-0.25, -0.2) is 4.98 Å². The number of hydrogen-bond donors (Lipinski definition) is 2. The lowest BCUT2D eigenvalue weighted by molar-refractivity contribution is -0.129. The number of imidazole rings is 1. The van der Waals surface area contributed by atoms with Crippen LogP contribution < -0.4 is 5.06 Å². The van der Waals surface area contributed by atoms with Gasteiger partial charge in [0.2, 0.25) is 0 Å². The van der Waals surface area contributed by atoms with E-state index in [0.717, 1.165) is 21.7 Å². The van der Waals surface area contributed by atoms with Crippen molar-refractivity contribution in [3.63, 3.8) is 0 Å². The van der Waals surface area contributed by atoms with Gasteiger partial charge in [0.05, 0.1) is 23.0 Å².